The molecule has 5 atom stereocenters. The number of aliphatic hydroxyl groups is 2. The minimum Gasteiger partial charge on any atom is -0.479 e. The van der Waals surface area contributed by atoms with Crippen molar-refractivity contribution >= 4 is 11.7 Å². The highest BCUT2D eigenvalue weighted by molar-refractivity contribution is 5.93. The standard InChI is InChI=1S/C20H27NO5/c1-11-3-4-13(12(2)7-11)18(22)6-5-14-15-8-17(16(15)9-19(14)23)21-26-10-20(24)25/h3-4,7,14-16,18-19,22-23H,5-6,8-10H2,1-2H3,(H,24,25)/b21-17-. The third kappa shape index (κ3) is 3.91. The number of rotatable bonds is 7. The second kappa shape index (κ2) is 7.76. The highest BCUT2D eigenvalue weighted by Gasteiger charge is 2.51. The quantitative estimate of drug-likeness (QED) is 0.648. The van der Waals surface area contributed by atoms with Crippen molar-refractivity contribution in [3.8, 4) is 0 Å². The summed E-state index contributed by atoms with van der Waals surface area (Å²) in [7, 11) is 0. The molecule has 1 aromatic rings. The fourth-order valence-corrected chi connectivity index (χ4v) is 4.49. The number of fused-ring (bicyclic) bond motifs is 1. The van der Waals surface area contributed by atoms with Crippen molar-refractivity contribution in [3.05, 3.63) is 34.9 Å². The number of oxime groups is 1. The van der Waals surface area contributed by atoms with Crippen LogP contribution in [0.1, 0.15) is 48.5 Å². The maximum absolute atomic E-state index is 10.5. The highest BCUT2D eigenvalue weighted by atomic mass is 16.6. The van der Waals surface area contributed by atoms with E-state index in [2.05, 4.69) is 11.2 Å². The van der Waals surface area contributed by atoms with Crippen LogP contribution in [0.4, 0.5) is 0 Å². The summed E-state index contributed by atoms with van der Waals surface area (Å²) in [5.74, 6) is -0.362. The molecule has 5 unspecified atom stereocenters. The lowest BCUT2D eigenvalue weighted by Gasteiger charge is -2.35. The van der Waals surface area contributed by atoms with Gasteiger partial charge in [-0.3, -0.25) is 0 Å². The molecule has 0 aromatic heterocycles. The number of benzene rings is 1. The Kier molecular flexibility index (Phi) is 5.63. The van der Waals surface area contributed by atoms with E-state index in [0.29, 0.717) is 18.8 Å². The van der Waals surface area contributed by atoms with Crippen molar-refractivity contribution in [2.75, 3.05) is 6.61 Å². The van der Waals surface area contributed by atoms with Crippen LogP contribution in [0, 0.1) is 31.6 Å². The maximum Gasteiger partial charge on any atom is 0.344 e. The second-order valence-corrected chi connectivity index (χ2v) is 7.64. The SMILES string of the molecule is Cc1ccc(C(O)CCC2C(O)CC3/C(=N\OCC(=O)O)CC32)c(C)c1. The van der Waals surface area contributed by atoms with E-state index >= 15 is 0 Å². The largest absolute Gasteiger partial charge is 0.479 e. The summed E-state index contributed by atoms with van der Waals surface area (Å²) in [5, 5.41) is 33.5. The lowest BCUT2D eigenvalue weighted by atomic mass is 9.70. The summed E-state index contributed by atoms with van der Waals surface area (Å²) in [5.41, 5.74) is 4.08. The number of carboxylic acids is 1. The first kappa shape index (κ1) is 18.9. The number of aliphatic carboxylic acids is 1. The van der Waals surface area contributed by atoms with Gasteiger partial charge in [0.1, 0.15) is 0 Å². The maximum atomic E-state index is 10.5. The average molecular weight is 361 g/mol. The van der Waals surface area contributed by atoms with Gasteiger partial charge in [-0.05, 0) is 62.5 Å². The van der Waals surface area contributed by atoms with Gasteiger partial charge in [-0.25, -0.2) is 4.79 Å². The first-order chi connectivity index (χ1) is 12.4. The van der Waals surface area contributed by atoms with Gasteiger partial charge in [0.15, 0.2) is 0 Å². The molecule has 2 aliphatic rings. The van der Waals surface area contributed by atoms with Crippen molar-refractivity contribution in [1.82, 2.24) is 0 Å². The van der Waals surface area contributed by atoms with Gasteiger partial charge in [0, 0.05) is 5.92 Å². The van der Waals surface area contributed by atoms with Crippen LogP contribution in [0.2, 0.25) is 0 Å². The van der Waals surface area contributed by atoms with Gasteiger partial charge in [-0.2, -0.15) is 0 Å². The molecule has 6 nitrogen and oxygen atoms in total. The van der Waals surface area contributed by atoms with E-state index in [4.69, 9.17) is 9.94 Å². The van der Waals surface area contributed by atoms with Gasteiger partial charge < -0.3 is 20.2 Å². The monoisotopic (exact) mass is 361 g/mol. The first-order valence-corrected chi connectivity index (χ1v) is 9.20. The Morgan fingerprint density at radius 2 is 2.15 bits per heavy atom. The zero-order chi connectivity index (χ0) is 18.8. The molecule has 3 N–H and O–H groups in total. The Morgan fingerprint density at radius 3 is 2.85 bits per heavy atom. The minimum atomic E-state index is -1.05. The van der Waals surface area contributed by atoms with Crippen molar-refractivity contribution in [1.29, 1.82) is 0 Å². The predicted molar refractivity (Wildman–Crippen MR) is 96.8 cm³/mol. The molecule has 0 aliphatic heterocycles. The molecule has 6 heteroatoms. The topological polar surface area (TPSA) is 99.4 Å². The van der Waals surface area contributed by atoms with Crippen molar-refractivity contribution in [2.24, 2.45) is 22.9 Å². The van der Waals surface area contributed by atoms with E-state index in [1.165, 1.54) is 5.56 Å². The van der Waals surface area contributed by atoms with Gasteiger partial charge in [0.05, 0.1) is 17.9 Å². The van der Waals surface area contributed by atoms with Crippen LogP contribution in [-0.2, 0) is 9.63 Å². The molecule has 2 fully saturated rings. The second-order valence-electron chi connectivity index (χ2n) is 7.64. The van der Waals surface area contributed by atoms with Crippen LogP contribution >= 0.6 is 0 Å². The van der Waals surface area contributed by atoms with E-state index in [9.17, 15) is 15.0 Å². The molecular weight excluding hydrogens is 334 g/mol. The number of aryl methyl sites for hydroxylation is 2. The summed E-state index contributed by atoms with van der Waals surface area (Å²) < 4.78 is 0. The van der Waals surface area contributed by atoms with Crippen LogP contribution in [0.5, 0.6) is 0 Å². The lowest BCUT2D eigenvalue weighted by molar-refractivity contribution is -0.142. The smallest absolute Gasteiger partial charge is 0.344 e. The van der Waals surface area contributed by atoms with E-state index in [0.717, 1.165) is 29.7 Å². The predicted octanol–water partition coefficient (Wildman–Crippen LogP) is 2.59. The zero-order valence-corrected chi connectivity index (χ0v) is 15.3. The number of aliphatic hydroxyl groups excluding tert-OH is 2. The molecule has 0 radical (unpaired) electrons. The van der Waals surface area contributed by atoms with Crippen LogP contribution in [0.25, 0.3) is 0 Å². The summed E-state index contributed by atoms with van der Waals surface area (Å²) in [6.07, 6.45) is 1.85. The number of hydrogen-bond donors (Lipinski definition) is 3. The number of carboxylic acid groups (broad SMARTS) is 1. The zero-order valence-electron chi connectivity index (χ0n) is 15.3. The van der Waals surface area contributed by atoms with Crippen molar-refractivity contribution < 1.29 is 25.0 Å². The van der Waals surface area contributed by atoms with Crippen molar-refractivity contribution in [2.45, 2.75) is 51.7 Å². The number of carbonyl (C=O) groups is 1. The normalized spacial score (nSPS) is 29.9. The van der Waals surface area contributed by atoms with Gasteiger partial charge in [0.2, 0.25) is 6.61 Å². The Labute approximate surface area is 153 Å². The Bertz CT molecular complexity index is 701. The molecule has 0 heterocycles. The molecule has 26 heavy (non-hydrogen) atoms. The van der Waals surface area contributed by atoms with E-state index < -0.39 is 24.8 Å². The number of nitrogens with zero attached hydrogens (tertiary/aromatic N) is 1. The lowest BCUT2D eigenvalue weighted by Crippen LogP contribution is -2.37. The molecule has 2 saturated carbocycles. The third-order valence-corrected chi connectivity index (χ3v) is 5.86. The third-order valence-electron chi connectivity index (χ3n) is 5.86. The molecule has 0 amide bonds. The van der Waals surface area contributed by atoms with Crippen LogP contribution in [-0.4, -0.2) is 39.7 Å². The molecule has 0 bridgehead atoms. The van der Waals surface area contributed by atoms with Crippen LogP contribution < -0.4 is 0 Å². The fraction of sp³-hybridized carbons (Fsp3) is 0.600. The summed E-state index contributed by atoms with van der Waals surface area (Å²) in [6, 6.07) is 6.07. The molecule has 142 valence electrons. The first-order valence-electron chi connectivity index (χ1n) is 9.20. The molecule has 2 aliphatic carbocycles. The van der Waals surface area contributed by atoms with Crippen LogP contribution in [0.15, 0.2) is 23.4 Å². The van der Waals surface area contributed by atoms with Gasteiger partial charge in [0.25, 0.3) is 0 Å². The van der Waals surface area contributed by atoms with E-state index in [-0.39, 0.29) is 11.8 Å². The Balaban J connectivity index is 1.54. The minimum absolute atomic E-state index is 0.152. The highest BCUT2D eigenvalue weighted by Crippen LogP contribution is 2.51. The molecule has 0 spiro atoms. The van der Waals surface area contributed by atoms with E-state index in [1.807, 2.05) is 26.0 Å². The van der Waals surface area contributed by atoms with Gasteiger partial charge in [-0.15, -0.1) is 0 Å². The fourth-order valence-electron chi connectivity index (χ4n) is 4.49. The summed E-state index contributed by atoms with van der Waals surface area (Å²) >= 11 is 0. The molecule has 1 aromatic carbocycles. The summed E-state index contributed by atoms with van der Waals surface area (Å²) in [6.45, 7) is 3.61. The number of hydrogen-bond acceptors (Lipinski definition) is 5. The Morgan fingerprint density at radius 1 is 1.38 bits per heavy atom. The van der Waals surface area contributed by atoms with Crippen LogP contribution in [0.3, 0.4) is 0 Å². The Hall–Kier alpha value is -1.92. The van der Waals surface area contributed by atoms with Crippen molar-refractivity contribution in [3.63, 3.8) is 0 Å². The van der Waals surface area contributed by atoms with E-state index in [1.54, 1.807) is 0 Å². The molecule has 3 rings (SSSR count). The molecular formula is C20H27NO5. The van der Waals surface area contributed by atoms with Gasteiger partial charge in [-0.1, -0.05) is 28.9 Å². The van der Waals surface area contributed by atoms with Gasteiger partial charge >= 0.3 is 5.97 Å². The molecule has 0 saturated heterocycles. The summed E-state index contributed by atoms with van der Waals surface area (Å²) in [4.78, 5) is 15.3. The average Bonchev–Trinajstić information content (AvgIpc) is 2.80.